The summed E-state index contributed by atoms with van der Waals surface area (Å²) in [5.74, 6) is 1.08. The molecule has 0 radical (unpaired) electrons. The van der Waals surface area contributed by atoms with E-state index < -0.39 is 0 Å². The number of rotatable bonds is 8. The zero-order valence-corrected chi connectivity index (χ0v) is 16.4. The topological polar surface area (TPSA) is 85.9 Å². The number of methoxy groups -OCH3 is 3. The second-order valence-electron chi connectivity index (χ2n) is 5.76. The van der Waals surface area contributed by atoms with Crippen molar-refractivity contribution in [2.24, 2.45) is 0 Å². The van der Waals surface area contributed by atoms with Crippen LogP contribution in [0.3, 0.4) is 0 Å². The van der Waals surface area contributed by atoms with Crippen LogP contribution in [0.5, 0.6) is 17.2 Å². The molecule has 28 heavy (non-hydrogen) atoms. The van der Waals surface area contributed by atoms with Crippen molar-refractivity contribution in [3.05, 3.63) is 48.0 Å². The number of carbonyl (C=O) groups is 2. The fraction of sp³-hybridized carbons (Fsp3) is 0.238. The maximum atomic E-state index is 12.2. The van der Waals surface area contributed by atoms with Crippen LogP contribution in [0.1, 0.15) is 18.9 Å². The van der Waals surface area contributed by atoms with Gasteiger partial charge in [-0.3, -0.25) is 9.59 Å². The molecule has 0 atom stereocenters. The largest absolute Gasteiger partial charge is 0.493 e. The van der Waals surface area contributed by atoms with Gasteiger partial charge in [-0.2, -0.15) is 0 Å². The predicted molar refractivity (Wildman–Crippen MR) is 109 cm³/mol. The molecule has 0 aliphatic heterocycles. The Kier molecular flexibility index (Phi) is 7.45. The van der Waals surface area contributed by atoms with Gasteiger partial charge in [-0.25, -0.2) is 0 Å². The molecule has 0 aliphatic carbocycles. The van der Waals surface area contributed by atoms with Crippen molar-refractivity contribution in [2.75, 3.05) is 32.0 Å². The Balaban J connectivity index is 2.12. The van der Waals surface area contributed by atoms with Gasteiger partial charge in [0.15, 0.2) is 11.5 Å². The van der Waals surface area contributed by atoms with E-state index >= 15 is 0 Å². The van der Waals surface area contributed by atoms with Gasteiger partial charge in [-0.15, -0.1) is 0 Å². The molecule has 2 N–H and O–H groups in total. The highest BCUT2D eigenvalue weighted by Crippen LogP contribution is 2.38. The van der Waals surface area contributed by atoms with Gasteiger partial charge in [-0.05, 0) is 42.0 Å². The molecular formula is C21H24N2O5. The normalized spacial score (nSPS) is 10.4. The van der Waals surface area contributed by atoms with Crippen LogP contribution < -0.4 is 24.8 Å². The second kappa shape index (κ2) is 10.0. The fourth-order valence-electron chi connectivity index (χ4n) is 2.48. The first-order valence-electron chi connectivity index (χ1n) is 8.69. The Morgan fingerprint density at radius 1 is 0.929 bits per heavy atom. The van der Waals surface area contributed by atoms with Crippen LogP contribution in [0.2, 0.25) is 0 Å². The molecule has 7 nitrogen and oxygen atoms in total. The first-order chi connectivity index (χ1) is 13.5. The summed E-state index contributed by atoms with van der Waals surface area (Å²) in [6.07, 6.45) is 3.43. The number of benzene rings is 2. The lowest BCUT2D eigenvalue weighted by atomic mass is 10.1. The summed E-state index contributed by atoms with van der Waals surface area (Å²) in [6, 6.07) is 10.4. The Bertz CT molecular complexity index is 852. The molecule has 0 aliphatic rings. The van der Waals surface area contributed by atoms with Gasteiger partial charge in [0.1, 0.15) is 0 Å². The first-order valence-corrected chi connectivity index (χ1v) is 8.69. The van der Waals surface area contributed by atoms with Gasteiger partial charge in [0, 0.05) is 23.9 Å². The Hall–Kier alpha value is -3.48. The van der Waals surface area contributed by atoms with Gasteiger partial charge in [-0.1, -0.05) is 13.0 Å². The molecule has 2 aromatic rings. The number of ether oxygens (including phenoxy) is 3. The quantitative estimate of drug-likeness (QED) is 0.678. The number of nitrogens with one attached hydrogen (secondary N) is 2. The summed E-state index contributed by atoms with van der Waals surface area (Å²) in [7, 11) is 4.59. The highest BCUT2D eigenvalue weighted by molar-refractivity contribution is 6.02. The Morgan fingerprint density at radius 3 is 2.07 bits per heavy atom. The summed E-state index contributed by atoms with van der Waals surface area (Å²) in [5.41, 5.74) is 1.92. The van der Waals surface area contributed by atoms with Crippen LogP contribution >= 0.6 is 0 Å². The monoisotopic (exact) mass is 384 g/mol. The van der Waals surface area contributed by atoms with Crippen molar-refractivity contribution in [1.29, 1.82) is 0 Å². The number of carbonyl (C=O) groups excluding carboxylic acids is 2. The molecule has 0 fully saturated rings. The van der Waals surface area contributed by atoms with Gasteiger partial charge in [0.2, 0.25) is 17.6 Å². The summed E-state index contributed by atoms with van der Waals surface area (Å²) in [5, 5.41) is 5.51. The van der Waals surface area contributed by atoms with E-state index in [2.05, 4.69) is 10.6 Å². The van der Waals surface area contributed by atoms with Crippen molar-refractivity contribution in [3.63, 3.8) is 0 Å². The van der Waals surface area contributed by atoms with E-state index in [-0.39, 0.29) is 11.8 Å². The minimum absolute atomic E-state index is 0.0919. The van der Waals surface area contributed by atoms with E-state index in [0.717, 1.165) is 0 Å². The summed E-state index contributed by atoms with van der Waals surface area (Å²) in [6.45, 7) is 1.77. The molecule has 0 spiro atoms. The molecule has 0 bridgehead atoms. The molecular weight excluding hydrogens is 360 g/mol. The molecule has 7 heteroatoms. The Morgan fingerprint density at radius 2 is 1.54 bits per heavy atom. The van der Waals surface area contributed by atoms with E-state index in [4.69, 9.17) is 14.2 Å². The average molecular weight is 384 g/mol. The van der Waals surface area contributed by atoms with Crippen molar-refractivity contribution in [1.82, 2.24) is 0 Å². The van der Waals surface area contributed by atoms with Gasteiger partial charge >= 0.3 is 0 Å². The highest BCUT2D eigenvalue weighted by atomic mass is 16.5. The number of hydrogen-bond donors (Lipinski definition) is 2. The molecule has 2 aromatic carbocycles. The van der Waals surface area contributed by atoms with Crippen LogP contribution in [0.4, 0.5) is 11.4 Å². The van der Waals surface area contributed by atoms with E-state index in [1.807, 2.05) is 0 Å². The third-order valence-corrected chi connectivity index (χ3v) is 3.85. The van der Waals surface area contributed by atoms with E-state index in [1.165, 1.54) is 27.4 Å². The molecule has 148 valence electrons. The lowest BCUT2D eigenvalue weighted by Gasteiger charge is -2.12. The second-order valence-corrected chi connectivity index (χ2v) is 5.76. The molecule has 2 amide bonds. The lowest BCUT2D eigenvalue weighted by molar-refractivity contribution is -0.116. The van der Waals surface area contributed by atoms with E-state index in [9.17, 15) is 9.59 Å². The average Bonchev–Trinajstić information content (AvgIpc) is 2.71. The van der Waals surface area contributed by atoms with Crippen LogP contribution in [-0.4, -0.2) is 33.1 Å². The van der Waals surface area contributed by atoms with E-state index in [0.29, 0.717) is 40.6 Å². The third-order valence-electron chi connectivity index (χ3n) is 3.85. The van der Waals surface area contributed by atoms with Gasteiger partial charge < -0.3 is 24.8 Å². The number of amides is 2. The standard InChI is InChI=1S/C21H24N2O5/c1-5-19(24)22-15-7-6-8-16(13-15)23-20(25)10-9-14-11-17(26-2)21(28-4)18(12-14)27-3/h6-13H,5H2,1-4H3,(H,22,24)(H,23,25). The van der Waals surface area contributed by atoms with Crippen molar-refractivity contribution >= 4 is 29.3 Å². The van der Waals surface area contributed by atoms with Crippen molar-refractivity contribution < 1.29 is 23.8 Å². The molecule has 0 unspecified atom stereocenters. The first kappa shape index (κ1) is 20.8. The molecule has 2 rings (SSSR count). The summed E-state index contributed by atoms with van der Waals surface area (Å²) >= 11 is 0. The van der Waals surface area contributed by atoms with Crippen molar-refractivity contribution in [3.8, 4) is 17.2 Å². The summed E-state index contributed by atoms with van der Waals surface area (Å²) in [4.78, 5) is 23.7. The Labute approximate surface area is 164 Å². The maximum Gasteiger partial charge on any atom is 0.248 e. The van der Waals surface area contributed by atoms with E-state index in [1.54, 1.807) is 49.4 Å². The molecule has 0 heterocycles. The molecule has 0 aromatic heterocycles. The number of anilines is 2. The molecule has 0 saturated heterocycles. The van der Waals surface area contributed by atoms with Gasteiger partial charge in [0.25, 0.3) is 0 Å². The highest BCUT2D eigenvalue weighted by Gasteiger charge is 2.12. The fourth-order valence-corrected chi connectivity index (χ4v) is 2.48. The maximum absolute atomic E-state index is 12.2. The number of hydrogen-bond acceptors (Lipinski definition) is 5. The minimum Gasteiger partial charge on any atom is -0.493 e. The van der Waals surface area contributed by atoms with Crippen molar-refractivity contribution in [2.45, 2.75) is 13.3 Å². The lowest BCUT2D eigenvalue weighted by Crippen LogP contribution is -2.11. The van der Waals surface area contributed by atoms with Crippen LogP contribution in [-0.2, 0) is 9.59 Å². The summed E-state index contributed by atoms with van der Waals surface area (Å²) < 4.78 is 15.9. The van der Waals surface area contributed by atoms with Crippen LogP contribution in [0.15, 0.2) is 42.5 Å². The smallest absolute Gasteiger partial charge is 0.248 e. The SMILES string of the molecule is CCC(=O)Nc1cccc(NC(=O)C=Cc2cc(OC)c(OC)c(OC)c2)c1. The third kappa shape index (κ3) is 5.51. The van der Waals surface area contributed by atoms with Crippen LogP contribution in [0, 0.1) is 0 Å². The zero-order valence-electron chi connectivity index (χ0n) is 16.4. The van der Waals surface area contributed by atoms with Gasteiger partial charge in [0.05, 0.1) is 21.3 Å². The zero-order chi connectivity index (χ0) is 20.5. The predicted octanol–water partition coefficient (Wildman–Crippen LogP) is 3.71. The minimum atomic E-state index is -0.312. The van der Waals surface area contributed by atoms with Crippen LogP contribution in [0.25, 0.3) is 6.08 Å². The molecule has 0 saturated carbocycles.